The molecule has 0 bridgehead atoms. The number of aliphatic hydroxyl groups is 2. The van der Waals surface area contributed by atoms with E-state index < -0.39 is 5.60 Å². The molecule has 2 saturated carbocycles. The maximum atomic E-state index is 11.0. The third kappa shape index (κ3) is 3.19. The highest BCUT2D eigenvalue weighted by Gasteiger charge is 2.57. The van der Waals surface area contributed by atoms with E-state index in [1.807, 2.05) is 19.9 Å². The first kappa shape index (κ1) is 17.7. The Bertz CT molecular complexity index is 458. The Kier molecular flexibility index (Phi) is 4.94. The summed E-state index contributed by atoms with van der Waals surface area (Å²) in [6.07, 6.45) is 11.9. The zero-order valence-electron chi connectivity index (χ0n) is 15.0. The summed E-state index contributed by atoms with van der Waals surface area (Å²) in [5, 5.41) is 20.1. The van der Waals surface area contributed by atoms with Crippen LogP contribution >= 0.6 is 0 Å². The smallest absolute Gasteiger partial charge is 0.0687 e. The Hall–Kier alpha value is -0.600. The summed E-state index contributed by atoms with van der Waals surface area (Å²) in [6, 6.07) is 0. The Labute approximate surface area is 136 Å². The lowest BCUT2D eigenvalue weighted by Gasteiger charge is -2.60. The summed E-state index contributed by atoms with van der Waals surface area (Å²) >= 11 is 0. The molecule has 0 saturated heterocycles. The Morgan fingerprint density at radius 2 is 1.82 bits per heavy atom. The third-order valence-electron chi connectivity index (χ3n) is 6.56. The van der Waals surface area contributed by atoms with Gasteiger partial charge in [0.25, 0.3) is 0 Å². The van der Waals surface area contributed by atoms with Crippen molar-refractivity contribution in [3.63, 3.8) is 0 Å². The van der Waals surface area contributed by atoms with Crippen LogP contribution in [0.3, 0.4) is 0 Å². The normalized spacial score (nSPS) is 42.4. The molecule has 2 heteroatoms. The van der Waals surface area contributed by atoms with Crippen LogP contribution in [0.2, 0.25) is 0 Å². The third-order valence-corrected chi connectivity index (χ3v) is 6.56. The highest BCUT2D eigenvalue weighted by molar-refractivity contribution is 5.21. The summed E-state index contributed by atoms with van der Waals surface area (Å²) in [5.74, 6) is 0.853. The number of aliphatic hydroxyl groups excluding tert-OH is 1. The van der Waals surface area contributed by atoms with E-state index in [4.69, 9.17) is 5.11 Å². The van der Waals surface area contributed by atoms with E-state index in [1.165, 1.54) is 19.3 Å². The molecule has 22 heavy (non-hydrogen) atoms. The van der Waals surface area contributed by atoms with Gasteiger partial charge >= 0.3 is 0 Å². The van der Waals surface area contributed by atoms with Gasteiger partial charge in [0, 0.05) is 5.92 Å². The van der Waals surface area contributed by atoms with Gasteiger partial charge < -0.3 is 10.2 Å². The minimum Gasteiger partial charge on any atom is -0.392 e. The van der Waals surface area contributed by atoms with Crippen molar-refractivity contribution in [1.82, 2.24) is 0 Å². The molecule has 0 amide bonds. The fourth-order valence-corrected chi connectivity index (χ4v) is 5.45. The van der Waals surface area contributed by atoms with Crippen LogP contribution in [0, 0.1) is 22.7 Å². The first-order chi connectivity index (χ1) is 10.1. The van der Waals surface area contributed by atoms with Crippen molar-refractivity contribution in [1.29, 1.82) is 0 Å². The topological polar surface area (TPSA) is 40.5 Å². The zero-order chi connectivity index (χ0) is 16.6. The summed E-state index contributed by atoms with van der Waals surface area (Å²) in [5.41, 5.74) is 0.971. The lowest BCUT2D eigenvalue weighted by molar-refractivity contribution is -0.149. The predicted molar refractivity (Wildman–Crippen MR) is 92.6 cm³/mol. The maximum absolute atomic E-state index is 11.0. The van der Waals surface area contributed by atoms with Crippen molar-refractivity contribution in [3.05, 3.63) is 23.8 Å². The average Bonchev–Trinajstić information content (AvgIpc) is 2.36. The minimum atomic E-state index is -0.630. The summed E-state index contributed by atoms with van der Waals surface area (Å²) in [7, 11) is 0. The van der Waals surface area contributed by atoms with Crippen LogP contribution in [-0.2, 0) is 0 Å². The van der Waals surface area contributed by atoms with Crippen molar-refractivity contribution in [2.75, 3.05) is 6.61 Å². The van der Waals surface area contributed by atoms with Gasteiger partial charge in [-0.05, 0) is 56.3 Å². The van der Waals surface area contributed by atoms with Gasteiger partial charge in [-0.3, -0.25) is 0 Å². The van der Waals surface area contributed by atoms with Crippen molar-refractivity contribution >= 4 is 0 Å². The van der Waals surface area contributed by atoms with Gasteiger partial charge in [-0.25, -0.2) is 0 Å². The number of rotatable bonds is 3. The highest BCUT2D eigenvalue weighted by Crippen LogP contribution is 2.62. The van der Waals surface area contributed by atoms with E-state index in [0.717, 1.165) is 18.4 Å². The van der Waals surface area contributed by atoms with Crippen molar-refractivity contribution in [2.45, 2.75) is 72.3 Å². The van der Waals surface area contributed by atoms with E-state index in [9.17, 15) is 5.11 Å². The molecule has 0 radical (unpaired) electrons. The molecule has 4 atom stereocenters. The van der Waals surface area contributed by atoms with Crippen LogP contribution in [-0.4, -0.2) is 22.4 Å². The summed E-state index contributed by atoms with van der Waals surface area (Å²) < 4.78 is 0. The standard InChI is InChI=1S/C20H34O2/c1-15(10-14-21)7-8-17-19(4)12-6-11-18(2,3)16(19)9-13-20(17,5)22/h7-8,10,16-17,21-22H,6,9,11-14H2,1-5H3/t16-,17+,19-,20+/m0/s1. The quantitative estimate of drug-likeness (QED) is 0.755. The molecule has 2 fully saturated rings. The summed E-state index contributed by atoms with van der Waals surface area (Å²) in [4.78, 5) is 0. The van der Waals surface area contributed by atoms with E-state index in [1.54, 1.807) is 0 Å². The van der Waals surface area contributed by atoms with Gasteiger partial charge in [-0.2, -0.15) is 0 Å². The SMILES string of the molecule is CC(C=C[C@@H]1[C@@]2(C)CCCC(C)(C)[C@@H]2CC[C@@]1(C)O)=CCO. The molecule has 0 aromatic heterocycles. The molecule has 0 heterocycles. The molecule has 0 aliphatic heterocycles. The Balaban J connectivity index is 2.36. The largest absolute Gasteiger partial charge is 0.392 e. The lowest BCUT2D eigenvalue weighted by atomic mass is 9.45. The molecule has 0 unspecified atom stereocenters. The first-order valence-electron chi connectivity index (χ1n) is 8.82. The van der Waals surface area contributed by atoms with E-state index in [-0.39, 0.29) is 17.9 Å². The van der Waals surface area contributed by atoms with Crippen LogP contribution in [0.15, 0.2) is 23.8 Å². The molecule has 2 rings (SSSR count). The Morgan fingerprint density at radius 3 is 2.45 bits per heavy atom. The molecule has 0 spiro atoms. The molecular formula is C20H34O2. The van der Waals surface area contributed by atoms with E-state index >= 15 is 0 Å². The molecule has 2 aliphatic rings. The monoisotopic (exact) mass is 306 g/mol. The first-order valence-corrected chi connectivity index (χ1v) is 8.82. The fraction of sp³-hybridized carbons (Fsp3) is 0.800. The zero-order valence-corrected chi connectivity index (χ0v) is 15.0. The number of hydrogen-bond donors (Lipinski definition) is 2. The molecule has 0 aromatic carbocycles. The van der Waals surface area contributed by atoms with Crippen molar-refractivity contribution in [2.24, 2.45) is 22.7 Å². The number of hydrogen-bond acceptors (Lipinski definition) is 2. The number of fused-ring (bicyclic) bond motifs is 1. The lowest BCUT2D eigenvalue weighted by Crippen LogP contribution is -2.56. The number of allylic oxidation sites excluding steroid dienone is 2. The highest BCUT2D eigenvalue weighted by atomic mass is 16.3. The molecule has 126 valence electrons. The van der Waals surface area contributed by atoms with Gasteiger partial charge in [0.05, 0.1) is 12.2 Å². The van der Waals surface area contributed by atoms with Gasteiger partial charge in [0.15, 0.2) is 0 Å². The molecule has 2 aliphatic carbocycles. The van der Waals surface area contributed by atoms with Crippen LogP contribution in [0.5, 0.6) is 0 Å². The van der Waals surface area contributed by atoms with Crippen LogP contribution < -0.4 is 0 Å². The maximum Gasteiger partial charge on any atom is 0.0687 e. The Morgan fingerprint density at radius 1 is 1.14 bits per heavy atom. The average molecular weight is 306 g/mol. The van der Waals surface area contributed by atoms with Gasteiger partial charge in [0.2, 0.25) is 0 Å². The van der Waals surface area contributed by atoms with E-state index in [0.29, 0.717) is 11.3 Å². The molecule has 2 nitrogen and oxygen atoms in total. The second-order valence-corrected chi connectivity index (χ2v) is 8.76. The molecule has 2 N–H and O–H groups in total. The van der Waals surface area contributed by atoms with Gasteiger partial charge in [0.1, 0.15) is 0 Å². The predicted octanol–water partition coefficient (Wildman–Crippen LogP) is 4.47. The fourth-order valence-electron chi connectivity index (χ4n) is 5.45. The molecular weight excluding hydrogens is 272 g/mol. The van der Waals surface area contributed by atoms with Crippen molar-refractivity contribution < 1.29 is 10.2 Å². The van der Waals surface area contributed by atoms with Gasteiger partial charge in [-0.15, -0.1) is 0 Å². The minimum absolute atomic E-state index is 0.0736. The summed E-state index contributed by atoms with van der Waals surface area (Å²) in [6.45, 7) is 11.3. The van der Waals surface area contributed by atoms with Crippen molar-refractivity contribution in [3.8, 4) is 0 Å². The van der Waals surface area contributed by atoms with E-state index in [2.05, 4.69) is 32.9 Å². The molecule has 0 aromatic rings. The second kappa shape index (κ2) is 6.13. The van der Waals surface area contributed by atoms with Crippen LogP contribution in [0.25, 0.3) is 0 Å². The van der Waals surface area contributed by atoms with Crippen LogP contribution in [0.1, 0.15) is 66.7 Å². The second-order valence-electron chi connectivity index (χ2n) is 8.76. The van der Waals surface area contributed by atoms with Crippen LogP contribution in [0.4, 0.5) is 0 Å². The van der Waals surface area contributed by atoms with Gasteiger partial charge in [-0.1, -0.05) is 51.0 Å².